The van der Waals surface area contributed by atoms with E-state index >= 15 is 0 Å². The molecule has 0 aliphatic rings. The van der Waals surface area contributed by atoms with Crippen LogP contribution in [-0.2, 0) is 4.74 Å². The molecule has 3 aromatic rings. The molecule has 0 aliphatic heterocycles. The summed E-state index contributed by atoms with van der Waals surface area (Å²) in [7, 11) is 1.60. The zero-order chi connectivity index (χ0) is 19.8. The summed E-state index contributed by atoms with van der Waals surface area (Å²) in [6.07, 6.45) is 1.28. The van der Waals surface area contributed by atoms with E-state index in [1.165, 1.54) is 12.4 Å². The molecule has 0 amide bonds. The van der Waals surface area contributed by atoms with Gasteiger partial charge in [0.25, 0.3) is 5.88 Å². The lowest BCUT2D eigenvalue weighted by Gasteiger charge is -2.11. The van der Waals surface area contributed by atoms with Gasteiger partial charge in [0.1, 0.15) is 18.1 Å². The van der Waals surface area contributed by atoms with Gasteiger partial charge >= 0.3 is 0 Å². The van der Waals surface area contributed by atoms with Crippen LogP contribution in [0.4, 0.5) is 0 Å². The number of hydrogen-bond acceptors (Lipinski definition) is 7. The fourth-order valence-electron chi connectivity index (χ4n) is 2.36. The summed E-state index contributed by atoms with van der Waals surface area (Å²) < 4.78 is 10.8. The second-order valence-corrected chi connectivity index (χ2v) is 5.60. The third-order valence-electron chi connectivity index (χ3n) is 3.64. The zero-order valence-electron chi connectivity index (χ0n) is 15.2. The van der Waals surface area contributed by atoms with Gasteiger partial charge in [-0.1, -0.05) is 36.9 Å². The Morgan fingerprint density at radius 3 is 2.50 bits per heavy atom. The Morgan fingerprint density at radius 1 is 1.00 bits per heavy atom. The van der Waals surface area contributed by atoms with E-state index in [-0.39, 0.29) is 11.8 Å². The minimum atomic E-state index is 0.145. The summed E-state index contributed by atoms with van der Waals surface area (Å²) >= 11 is 0. The SMILES string of the molecule is C=C(COC)c1ccccc1OOc1cc(Oc2ccccc2C#N)ncn1. The summed E-state index contributed by atoms with van der Waals surface area (Å²) in [5, 5.41) is 9.15. The molecule has 0 saturated carbocycles. The van der Waals surface area contributed by atoms with Crippen LogP contribution in [0, 0.1) is 11.3 Å². The predicted octanol–water partition coefficient (Wildman–Crippen LogP) is 4.17. The maximum absolute atomic E-state index is 9.15. The van der Waals surface area contributed by atoms with Crippen molar-refractivity contribution in [1.29, 1.82) is 5.26 Å². The van der Waals surface area contributed by atoms with Gasteiger partial charge in [-0.2, -0.15) is 10.2 Å². The molecule has 0 radical (unpaired) electrons. The number of para-hydroxylation sites is 2. The van der Waals surface area contributed by atoms with Crippen molar-refractivity contribution in [3.63, 3.8) is 0 Å². The lowest BCUT2D eigenvalue weighted by Crippen LogP contribution is -2.05. The van der Waals surface area contributed by atoms with Crippen LogP contribution in [0.1, 0.15) is 11.1 Å². The molecule has 0 spiro atoms. The van der Waals surface area contributed by atoms with E-state index < -0.39 is 0 Å². The summed E-state index contributed by atoms with van der Waals surface area (Å²) in [4.78, 5) is 18.8. The first-order chi connectivity index (χ1) is 13.7. The topological polar surface area (TPSA) is 86.5 Å². The van der Waals surface area contributed by atoms with Gasteiger partial charge in [-0.25, -0.2) is 4.98 Å². The van der Waals surface area contributed by atoms with Crippen molar-refractivity contribution in [3.05, 3.63) is 78.6 Å². The van der Waals surface area contributed by atoms with Gasteiger partial charge in [-0.15, -0.1) is 0 Å². The van der Waals surface area contributed by atoms with Gasteiger partial charge in [0.2, 0.25) is 5.88 Å². The zero-order valence-corrected chi connectivity index (χ0v) is 15.2. The Kier molecular flexibility index (Phi) is 6.18. The van der Waals surface area contributed by atoms with Gasteiger partial charge in [-0.3, -0.25) is 9.78 Å². The number of methoxy groups -OCH3 is 1. The highest BCUT2D eigenvalue weighted by atomic mass is 17.2. The van der Waals surface area contributed by atoms with Crippen molar-refractivity contribution in [2.75, 3.05) is 13.7 Å². The van der Waals surface area contributed by atoms with Crippen molar-refractivity contribution in [3.8, 4) is 29.3 Å². The minimum Gasteiger partial charge on any atom is -0.437 e. The maximum Gasteiger partial charge on any atom is 0.276 e. The molecule has 28 heavy (non-hydrogen) atoms. The van der Waals surface area contributed by atoms with Crippen LogP contribution in [0.5, 0.6) is 23.3 Å². The third kappa shape index (κ3) is 4.63. The van der Waals surface area contributed by atoms with Crippen LogP contribution < -0.4 is 14.5 Å². The standard InChI is InChI=1S/C21H17N3O4/c1-15(13-25-2)17-8-4-6-10-19(17)27-28-21-11-20(23-14-24-21)26-18-9-5-3-7-16(18)12-22/h3-11,14H,1,13H2,2H3. The van der Waals surface area contributed by atoms with E-state index in [1.807, 2.05) is 18.2 Å². The molecule has 0 N–H and O–H groups in total. The van der Waals surface area contributed by atoms with E-state index in [2.05, 4.69) is 22.6 Å². The molecule has 0 fully saturated rings. The van der Waals surface area contributed by atoms with Crippen LogP contribution in [0.2, 0.25) is 0 Å². The first-order valence-corrected chi connectivity index (χ1v) is 8.31. The van der Waals surface area contributed by atoms with Crippen LogP contribution in [0.3, 0.4) is 0 Å². The molecular formula is C21H17N3O4. The fraction of sp³-hybridized carbons (Fsp3) is 0.0952. The van der Waals surface area contributed by atoms with Gasteiger partial charge in [0.05, 0.1) is 18.2 Å². The average molecular weight is 375 g/mol. The quantitative estimate of drug-likeness (QED) is 0.431. The second kappa shape index (κ2) is 9.16. The first-order valence-electron chi connectivity index (χ1n) is 8.31. The normalized spacial score (nSPS) is 10.0. The molecule has 140 valence electrons. The minimum absolute atomic E-state index is 0.145. The lowest BCUT2D eigenvalue weighted by atomic mass is 10.1. The second-order valence-electron chi connectivity index (χ2n) is 5.60. The Morgan fingerprint density at radius 2 is 1.71 bits per heavy atom. The molecule has 0 saturated heterocycles. The molecule has 0 unspecified atom stereocenters. The molecule has 7 heteroatoms. The van der Waals surface area contributed by atoms with E-state index in [1.54, 1.807) is 37.4 Å². The number of nitriles is 1. The number of nitrogens with zero attached hydrogens (tertiary/aromatic N) is 3. The van der Waals surface area contributed by atoms with E-state index in [0.717, 1.165) is 11.1 Å². The first kappa shape index (κ1) is 18.9. The van der Waals surface area contributed by atoms with Crippen molar-refractivity contribution in [2.24, 2.45) is 0 Å². The van der Waals surface area contributed by atoms with E-state index in [0.29, 0.717) is 23.7 Å². The highest BCUT2D eigenvalue weighted by Gasteiger charge is 2.11. The summed E-state index contributed by atoms with van der Waals surface area (Å²) in [6, 6.07) is 17.7. The van der Waals surface area contributed by atoms with Gasteiger partial charge < -0.3 is 9.47 Å². The van der Waals surface area contributed by atoms with Gasteiger partial charge in [0, 0.05) is 12.7 Å². The molecular weight excluding hydrogens is 358 g/mol. The molecule has 0 aliphatic carbocycles. The average Bonchev–Trinajstić information content (AvgIpc) is 2.73. The molecule has 0 atom stereocenters. The number of aromatic nitrogens is 2. The Hall–Kier alpha value is -3.89. The van der Waals surface area contributed by atoms with Crippen molar-refractivity contribution in [2.45, 2.75) is 0 Å². The lowest BCUT2D eigenvalue weighted by molar-refractivity contribution is -0.105. The molecule has 3 rings (SSSR count). The van der Waals surface area contributed by atoms with Crippen LogP contribution >= 0.6 is 0 Å². The molecule has 2 aromatic carbocycles. The summed E-state index contributed by atoms with van der Waals surface area (Å²) in [5.41, 5.74) is 1.91. The number of rotatable bonds is 8. The van der Waals surface area contributed by atoms with Crippen molar-refractivity contribution < 1.29 is 19.2 Å². The number of ether oxygens (including phenoxy) is 2. The monoisotopic (exact) mass is 375 g/mol. The van der Waals surface area contributed by atoms with E-state index in [4.69, 9.17) is 24.5 Å². The molecule has 7 nitrogen and oxygen atoms in total. The van der Waals surface area contributed by atoms with Crippen LogP contribution in [0.15, 0.2) is 67.5 Å². The van der Waals surface area contributed by atoms with Gasteiger partial charge in [-0.05, 0) is 23.8 Å². The third-order valence-corrected chi connectivity index (χ3v) is 3.64. The van der Waals surface area contributed by atoms with Crippen LogP contribution in [-0.4, -0.2) is 23.7 Å². The summed E-state index contributed by atoms with van der Waals surface area (Å²) in [6.45, 7) is 4.34. The smallest absolute Gasteiger partial charge is 0.276 e. The Balaban J connectivity index is 1.73. The maximum atomic E-state index is 9.15. The van der Waals surface area contributed by atoms with Crippen molar-refractivity contribution in [1.82, 2.24) is 9.97 Å². The fourth-order valence-corrected chi connectivity index (χ4v) is 2.36. The summed E-state index contributed by atoms with van der Waals surface area (Å²) in [5.74, 6) is 1.22. The van der Waals surface area contributed by atoms with Crippen molar-refractivity contribution >= 4 is 5.57 Å². The Labute approximate surface area is 162 Å². The largest absolute Gasteiger partial charge is 0.437 e. The van der Waals surface area contributed by atoms with Crippen LogP contribution in [0.25, 0.3) is 5.57 Å². The molecule has 1 aromatic heterocycles. The Bertz CT molecular complexity index is 1010. The number of benzene rings is 2. The number of hydrogen-bond donors (Lipinski definition) is 0. The highest BCUT2D eigenvalue weighted by molar-refractivity contribution is 5.69. The molecule has 0 bridgehead atoms. The molecule has 1 heterocycles. The van der Waals surface area contributed by atoms with Gasteiger partial charge in [0.15, 0.2) is 5.75 Å². The van der Waals surface area contributed by atoms with E-state index in [9.17, 15) is 0 Å². The predicted molar refractivity (Wildman–Crippen MR) is 102 cm³/mol. The highest BCUT2D eigenvalue weighted by Crippen LogP contribution is 2.27.